The van der Waals surface area contributed by atoms with Crippen molar-refractivity contribution in [1.82, 2.24) is 5.32 Å². The van der Waals surface area contributed by atoms with Crippen molar-refractivity contribution in [3.05, 3.63) is 0 Å². The van der Waals surface area contributed by atoms with E-state index in [2.05, 4.69) is 5.32 Å². The smallest absolute Gasteiger partial charge is 0.311 e. The van der Waals surface area contributed by atoms with Gasteiger partial charge < -0.3 is 5.32 Å². The Morgan fingerprint density at radius 2 is 1.67 bits per heavy atom. The van der Waals surface area contributed by atoms with Crippen molar-refractivity contribution in [2.24, 2.45) is 5.92 Å². The van der Waals surface area contributed by atoms with E-state index in [1.807, 2.05) is 6.92 Å². The zero-order valence-electron chi connectivity index (χ0n) is 12.6. The molecule has 0 heterocycles. The maximum absolute atomic E-state index is 12.8. The van der Waals surface area contributed by atoms with Crippen molar-refractivity contribution in [1.29, 1.82) is 0 Å². The molecule has 0 aromatic rings. The fourth-order valence-electron chi connectivity index (χ4n) is 3.74. The average Bonchev–Trinajstić information content (AvgIpc) is 2.46. The molecular formula is C15H26F3NOS. The first-order chi connectivity index (χ1) is 9.90. The number of rotatable bonds is 4. The van der Waals surface area contributed by atoms with Crippen LogP contribution in [0.4, 0.5) is 13.2 Å². The highest BCUT2D eigenvalue weighted by atomic mass is 32.2. The second-order valence-electron chi connectivity index (χ2n) is 6.42. The Balaban J connectivity index is 1.85. The Labute approximate surface area is 127 Å². The second kappa shape index (κ2) is 7.44. The average molecular weight is 325 g/mol. The quantitative estimate of drug-likeness (QED) is 0.852. The predicted octanol–water partition coefficient (Wildman–Crippen LogP) is 3.78. The molecule has 2 rings (SSSR count). The van der Waals surface area contributed by atoms with E-state index < -0.39 is 22.9 Å². The molecular weight excluding hydrogens is 299 g/mol. The summed E-state index contributed by atoms with van der Waals surface area (Å²) in [5.74, 6) is -0.468. The molecule has 0 bridgehead atoms. The van der Waals surface area contributed by atoms with Crippen LogP contribution < -0.4 is 5.32 Å². The lowest BCUT2D eigenvalue weighted by Gasteiger charge is -2.36. The van der Waals surface area contributed by atoms with E-state index in [0.29, 0.717) is 12.2 Å². The molecule has 5 atom stereocenters. The molecule has 0 aromatic heterocycles. The van der Waals surface area contributed by atoms with Crippen LogP contribution in [0.5, 0.6) is 0 Å². The highest BCUT2D eigenvalue weighted by molar-refractivity contribution is 7.85. The van der Waals surface area contributed by atoms with Crippen molar-refractivity contribution < 1.29 is 17.4 Å². The van der Waals surface area contributed by atoms with E-state index >= 15 is 0 Å². The van der Waals surface area contributed by atoms with E-state index in [0.717, 1.165) is 32.1 Å². The third-order valence-corrected chi connectivity index (χ3v) is 6.63. The highest BCUT2D eigenvalue weighted by Gasteiger charge is 2.42. The van der Waals surface area contributed by atoms with Gasteiger partial charge in [0.1, 0.15) is 0 Å². The van der Waals surface area contributed by atoms with Crippen molar-refractivity contribution >= 4 is 10.8 Å². The summed E-state index contributed by atoms with van der Waals surface area (Å²) < 4.78 is 50.4. The van der Waals surface area contributed by atoms with Crippen LogP contribution in [0.15, 0.2) is 0 Å². The van der Waals surface area contributed by atoms with Gasteiger partial charge in [-0.1, -0.05) is 19.8 Å². The van der Waals surface area contributed by atoms with Crippen LogP contribution in [0, 0.1) is 5.92 Å². The third kappa shape index (κ3) is 4.95. The maximum atomic E-state index is 12.8. The standard InChI is InChI=1S/C15H26F3NOS/c1-2-21(20)14-8-4-7-13(10-14)19-12-6-3-5-11(9-12)15(16,17)18/h11-14,19H,2-10H2,1H3/t11-,12-,13+,14-,21+/m1/s1. The summed E-state index contributed by atoms with van der Waals surface area (Å²) in [6.45, 7) is 1.93. The van der Waals surface area contributed by atoms with E-state index in [9.17, 15) is 17.4 Å². The highest BCUT2D eigenvalue weighted by Crippen LogP contribution is 2.38. The molecule has 124 valence electrons. The Morgan fingerprint density at radius 3 is 2.29 bits per heavy atom. The van der Waals surface area contributed by atoms with E-state index in [1.54, 1.807) is 0 Å². The molecule has 2 nitrogen and oxygen atoms in total. The van der Waals surface area contributed by atoms with Gasteiger partial charge in [0.2, 0.25) is 0 Å². The van der Waals surface area contributed by atoms with Crippen LogP contribution in [0.25, 0.3) is 0 Å². The van der Waals surface area contributed by atoms with Crippen molar-refractivity contribution in [2.45, 2.75) is 81.8 Å². The first-order valence-electron chi connectivity index (χ1n) is 8.10. The lowest BCUT2D eigenvalue weighted by atomic mass is 9.84. The Kier molecular flexibility index (Phi) is 6.12. The van der Waals surface area contributed by atoms with Gasteiger partial charge in [0, 0.05) is 33.9 Å². The summed E-state index contributed by atoms with van der Waals surface area (Å²) in [6.07, 6.45) is 1.80. The molecule has 0 amide bonds. The van der Waals surface area contributed by atoms with E-state index in [-0.39, 0.29) is 30.2 Å². The molecule has 2 saturated carbocycles. The molecule has 0 aromatic carbocycles. The van der Waals surface area contributed by atoms with Gasteiger partial charge in [-0.3, -0.25) is 4.21 Å². The van der Waals surface area contributed by atoms with Crippen molar-refractivity contribution in [3.63, 3.8) is 0 Å². The van der Waals surface area contributed by atoms with Crippen LogP contribution >= 0.6 is 0 Å². The van der Waals surface area contributed by atoms with Gasteiger partial charge in [-0.05, 0) is 38.5 Å². The fraction of sp³-hybridized carbons (Fsp3) is 1.00. The monoisotopic (exact) mass is 325 g/mol. The first kappa shape index (κ1) is 17.3. The molecule has 2 fully saturated rings. The maximum Gasteiger partial charge on any atom is 0.391 e. The molecule has 2 aliphatic carbocycles. The van der Waals surface area contributed by atoms with Gasteiger partial charge in [-0.2, -0.15) is 13.2 Å². The van der Waals surface area contributed by atoms with Crippen molar-refractivity contribution in [3.8, 4) is 0 Å². The number of nitrogens with one attached hydrogen (secondary N) is 1. The van der Waals surface area contributed by atoms with Gasteiger partial charge in [0.15, 0.2) is 0 Å². The summed E-state index contributed by atoms with van der Waals surface area (Å²) in [4.78, 5) is 0. The van der Waals surface area contributed by atoms with E-state index in [4.69, 9.17) is 0 Å². The summed E-state index contributed by atoms with van der Waals surface area (Å²) in [5, 5.41) is 3.66. The minimum absolute atomic E-state index is 0.0239. The normalized spacial score (nSPS) is 36.4. The number of hydrogen-bond donors (Lipinski definition) is 1. The van der Waals surface area contributed by atoms with Crippen LogP contribution in [-0.4, -0.2) is 33.5 Å². The molecule has 6 heteroatoms. The minimum atomic E-state index is -4.06. The molecule has 1 N–H and O–H groups in total. The van der Waals surface area contributed by atoms with Crippen LogP contribution in [0.3, 0.4) is 0 Å². The SMILES string of the molecule is CC[S@](=O)[C@@H]1CCC[C@H](N[C@@H]2CCC[C@@H](C(F)(F)F)C2)C1. The number of hydrogen-bond acceptors (Lipinski definition) is 2. The zero-order valence-corrected chi connectivity index (χ0v) is 13.4. The molecule has 21 heavy (non-hydrogen) atoms. The lowest BCUT2D eigenvalue weighted by molar-refractivity contribution is -0.183. The minimum Gasteiger partial charge on any atom is -0.311 e. The molecule has 0 unspecified atom stereocenters. The number of alkyl halides is 3. The van der Waals surface area contributed by atoms with Gasteiger partial charge in [0.05, 0.1) is 5.92 Å². The summed E-state index contributed by atoms with van der Waals surface area (Å²) in [7, 11) is -0.782. The van der Waals surface area contributed by atoms with Gasteiger partial charge >= 0.3 is 6.18 Å². The summed E-state index contributed by atoms with van der Waals surface area (Å²) in [5.41, 5.74) is 0. The molecule has 0 aliphatic heterocycles. The summed E-state index contributed by atoms with van der Waals surface area (Å²) >= 11 is 0. The summed E-state index contributed by atoms with van der Waals surface area (Å²) in [6, 6.07) is 0.223. The van der Waals surface area contributed by atoms with Crippen LogP contribution in [-0.2, 0) is 10.8 Å². The lowest BCUT2D eigenvalue weighted by Crippen LogP contribution is -2.46. The van der Waals surface area contributed by atoms with Crippen molar-refractivity contribution in [2.75, 3.05) is 5.75 Å². The molecule has 0 radical (unpaired) electrons. The van der Waals surface area contributed by atoms with Crippen LogP contribution in [0.1, 0.15) is 58.3 Å². The Hall–Kier alpha value is -0.100. The van der Waals surface area contributed by atoms with E-state index in [1.165, 1.54) is 0 Å². The molecule has 0 spiro atoms. The Morgan fingerprint density at radius 1 is 1.05 bits per heavy atom. The largest absolute Gasteiger partial charge is 0.391 e. The van der Waals surface area contributed by atoms with Crippen LogP contribution in [0.2, 0.25) is 0 Å². The van der Waals surface area contributed by atoms with Gasteiger partial charge in [-0.15, -0.1) is 0 Å². The number of halogens is 3. The Bertz CT molecular complexity index is 361. The zero-order chi connectivity index (χ0) is 15.5. The van der Waals surface area contributed by atoms with Gasteiger partial charge in [0.25, 0.3) is 0 Å². The molecule has 0 saturated heterocycles. The first-order valence-corrected chi connectivity index (χ1v) is 9.48. The topological polar surface area (TPSA) is 29.1 Å². The molecule has 2 aliphatic rings. The second-order valence-corrected chi connectivity index (χ2v) is 8.43. The predicted molar refractivity (Wildman–Crippen MR) is 79.7 cm³/mol. The fourth-order valence-corrected chi connectivity index (χ4v) is 5.09. The van der Waals surface area contributed by atoms with Gasteiger partial charge in [-0.25, -0.2) is 0 Å². The third-order valence-electron chi connectivity index (χ3n) is 4.89.